The van der Waals surface area contributed by atoms with E-state index in [1.165, 1.54) is 19.2 Å². The van der Waals surface area contributed by atoms with Gasteiger partial charge in [0.2, 0.25) is 5.60 Å². The Kier molecular flexibility index (Phi) is 7.62. The molecule has 2 aliphatic heterocycles. The van der Waals surface area contributed by atoms with Crippen molar-refractivity contribution < 1.29 is 48.8 Å². The van der Waals surface area contributed by atoms with Crippen LogP contribution in [0.3, 0.4) is 0 Å². The van der Waals surface area contributed by atoms with Crippen LogP contribution in [0.15, 0.2) is 33.9 Å². The molecule has 0 spiro atoms. The number of aromatic nitrogens is 1. The number of β-lactam (4-membered cyclic amide) rings is 1. The number of nitrogens with zero attached hydrogens (tertiary/aromatic N) is 3. The van der Waals surface area contributed by atoms with Gasteiger partial charge in [-0.15, -0.1) is 23.1 Å². The second-order valence-corrected chi connectivity index (χ2v) is 11.2. The summed E-state index contributed by atoms with van der Waals surface area (Å²) in [5.41, 5.74) is 3.44. The van der Waals surface area contributed by atoms with E-state index in [0.717, 1.165) is 40.1 Å². The van der Waals surface area contributed by atoms with Crippen LogP contribution in [-0.2, 0) is 30.4 Å². The Morgan fingerprint density at radius 2 is 2.00 bits per heavy atom. The summed E-state index contributed by atoms with van der Waals surface area (Å²) in [6, 6.07) is 0.860. The molecule has 7 N–H and O–H groups in total. The molecular weight excluding hydrogens is 573 g/mol. The van der Waals surface area contributed by atoms with E-state index in [1.54, 1.807) is 0 Å². The number of aliphatic carboxylic acids is 2. The number of anilines is 1. The standard InChI is InChI=1S/C23H22FN5O9S2/c1-23(2,21(36)37)38-28-13(11-7-40-22(25)26-11)17(32)27-14-18(33)29-15(20(34)35)9(6-39-19(14)29)3-8-4-10(24)16(31)12(30)5-8/h4-5,7,14,19,30-31H,3,6H2,1-2H3,(H2,25,26)(H,27,32)(H,34,35)(H,36,37)/b28-13-/t14?,19-/m1/s1. The van der Waals surface area contributed by atoms with Gasteiger partial charge in [0.25, 0.3) is 11.8 Å². The van der Waals surface area contributed by atoms with E-state index in [1.807, 2.05) is 0 Å². The maximum Gasteiger partial charge on any atom is 0.352 e. The number of hydrogen-bond donors (Lipinski definition) is 6. The number of amides is 2. The van der Waals surface area contributed by atoms with Crippen LogP contribution in [0.2, 0.25) is 0 Å². The third-order valence-electron chi connectivity index (χ3n) is 5.92. The van der Waals surface area contributed by atoms with Crippen molar-refractivity contribution in [3.8, 4) is 11.5 Å². The first kappa shape index (κ1) is 28.6. The number of hydrogen-bond acceptors (Lipinski definition) is 12. The zero-order chi connectivity index (χ0) is 29.5. The number of benzene rings is 1. The molecule has 1 aromatic heterocycles. The van der Waals surface area contributed by atoms with Gasteiger partial charge in [0.05, 0.1) is 0 Å². The van der Waals surface area contributed by atoms with Gasteiger partial charge in [-0.2, -0.15) is 0 Å². The number of nitrogen functional groups attached to an aromatic ring is 1. The molecule has 4 rings (SSSR count). The summed E-state index contributed by atoms with van der Waals surface area (Å²) in [4.78, 5) is 59.7. The molecule has 1 saturated heterocycles. The molecule has 40 heavy (non-hydrogen) atoms. The zero-order valence-electron chi connectivity index (χ0n) is 20.7. The molecule has 17 heteroatoms. The van der Waals surface area contributed by atoms with Crippen LogP contribution in [0.25, 0.3) is 0 Å². The van der Waals surface area contributed by atoms with E-state index in [2.05, 4.69) is 15.5 Å². The van der Waals surface area contributed by atoms with Gasteiger partial charge in [-0.05, 0) is 43.5 Å². The highest BCUT2D eigenvalue weighted by atomic mass is 32.2. The van der Waals surface area contributed by atoms with Crippen LogP contribution in [0.1, 0.15) is 25.1 Å². The first-order chi connectivity index (χ1) is 18.7. The lowest BCUT2D eigenvalue weighted by atomic mass is 9.98. The summed E-state index contributed by atoms with van der Waals surface area (Å²) in [7, 11) is 0. The van der Waals surface area contributed by atoms with Crippen molar-refractivity contribution in [3.63, 3.8) is 0 Å². The minimum Gasteiger partial charge on any atom is -0.504 e. The van der Waals surface area contributed by atoms with Gasteiger partial charge in [0.1, 0.15) is 22.8 Å². The summed E-state index contributed by atoms with van der Waals surface area (Å²) in [5, 5.41) is 45.1. The van der Waals surface area contributed by atoms with Crippen molar-refractivity contribution in [2.24, 2.45) is 5.16 Å². The van der Waals surface area contributed by atoms with E-state index >= 15 is 0 Å². The largest absolute Gasteiger partial charge is 0.504 e. The summed E-state index contributed by atoms with van der Waals surface area (Å²) >= 11 is 2.13. The molecule has 1 aromatic carbocycles. The molecule has 1 fully saturated rings. The minimum atomic E-state index is -1.80. The number of carbonyl (C=O) groups excluding carboxylic acids is 2. The highest BCUT2D eigenvalue weighted by Crippen LogP contribution is 2.41. The SMILES string of the molecule is CC(C)(O/N=C(\C(=O)NC1C(=O)N2C(C(=O)O)=C(Cc3cc(O)c(O)c(F)c3)CS[C@H]12)c1csc(N)n1)C(=O)O. The minimum absolute atomic E-state index is 0.0288. The number of nitrogens with one attached hydrogen (secondary N) is 1. The van der Waals surface area contributed by atoms with Gasteiger partial charge in [-0.25, -0.2) is 19.0 Å². The summed E-state index contributed by atoms with van der Waals surface area (Å²) < 4.78 is 13.9. The topological polar surface area (TPSA) is 225 Å². The number of nitrogens with two attached hydrogens (primary N) is 1. The Morgan fingerprint density at radius 3 is 2.58 bits per heavy atom. The summed E-state index contributed by atoms with van der Waals surface area (Å²) in [6.45, 7) is 2.42. The normalized spacial score (nSPS) is 19.1. The van der Waals surface area contributed by atoms with Gasteiger partial charge >= 0.3 is 11.9 Å². The fourth-order valence-corrected chi connectivity index (χ4v) is 5.71. The van der Waals surface area contributed by atoms with Crippen molar-refractivity contribution in [1.82, 2.24) is 15.2 Å². The monoisotopic (exact) mass is 595 g/mol. The fourth-order valence-electron chi connectivity index (χ4n) is 3.82. The summed E-state index contributed by atoms with van der Waals surface area (Å²) in [5.74, 6) is -7.12. The maximum absolute atomic E-state index is 13.9. The highest BCUT2D eigenvalue weighted by molar-refractivity contribution is 8.00. The second-order valence-electron chi connectivity index (χ2n) is 9.16. The number of halogens is 1. The molecule has 0 saturated carbocycles. The van der Waals surface area contributed by atoms with Gasteiger partial charge in [0, 0.05) is 11.1 Å². The zero-order valence-corrected chi connectivity index (χ0v) is 22.4. The molecule has 14 nitrogen and oxygen atoms in total. The lowest BCUT2D eigenvalue weighted by molar-refractivity contribution is -0.161. The van der Waals surface area contributed by atoms with E-state index in [0.29, 0.717) is 0 Å². The van der Waals surface area contributed by atoms with Gasteiger partial charge in [-0.3, -0.25) is 14.5 Å². The lowest BCUT2D eigenvalue weighted by Gasteiger charge is -2.49. The quantitative estimate of drug-likeness (QED) is 0.103. The highest BCUT2D eigenvalue weighted by Gasteiger charge is 2.54. The number of rotatable bonds is 9. The van der Waals surface area contributed by atoms with Crippen LogP contribution in [0.4, 0.5) is 9.52 Å². The second kappa shape index (κ2) is 10.6. The molecule has 1 unspecified atom stereocenters. The fraction of sp³-hybridized carbons (Fsp3) is 0.304. The maximum atomic E-state index is 13.9. The van der Waals surface area contributed by atoms with Crippen molar-refractivity contribution >= 4 is 57.7 Å². The molecular formula is C23H22FN5O9S2. The van der Waals surface area contributed by atoms with Crippen molar-refractivity contribution in [2.75, 3.05) is 11.5 Å². The number of fused-ring (bicyclic) bond motifs is 1. The van der Waals surface area contributed by atoms with Crippen LogP contribution < -0.4 is 11.1 Å². The van der Waals surface area contributed by atoms with Crippen LogP contribution in [0.5, 0.6) is 11.5 Å². The van der Waals surface area contributed by atoms with Crippen LogP contribution >= 0.6 is 23.1 Å². The molecule has 3 heterocycles. The lowest BCUT2D eigenvalue weighted by Crippen LogP contribution is -2.71. The molecule has 212 valence electrons. The van der Waals surface area contributed by atoms with E-state index in [4.69, 9.17) is 10.6 Å². The van der Waals surface area contributed by atoms with Crippen LogP contribution in [0, 0.1) is 5.82 Å². The number of aromatic hydroxyl groups is 2. The van der Waals surface area contributed by atoms with Crippen LogP contribution in [-0.4, -0.2) is 82.5 Å². The van der Waals surface area contributed by atoms with Crippen molar-refractivity contribution in [2.45, 2.75) is 37.3 Å². The Hall–Kier alpha value is -4.38. The third kappa shape index (κ3) is 5.37. The number of thioether (sulfide) groups is 1. The molecule has 2 atom stereocenters. The number of phenols is 2. The van der Waals surface area contributed by atoms with Crippen molar-refractivity contribution in [1.29, 1.82) is 0 Å². The number of carboxylic acid groups (broad SMARTS) is 2. The number of carboxylic acids is 2. The number of carbonyl (C=O) groups is 4. The number of thiazole rings is 1. The van der Waals surface area contributed by atoms with Crippen molar-refractivity contribution in [3.05, 3.63) is 45.9 Å². The predicted octanol–water partition coefficient (Wildman–Crippen LogP) is 0.841. The molecule has 2 aliphatic rings. The molecule has 2 aromatic rings. The average Bonchev–Trinajstić information content (AvgIpc) is 3.30. The first-order valence-corrected chi connectivity index (χ1v) is 13.3. The molecule has 0 bridgehead atoms. The van der Waals surface area contributed by atoms with Gasteiger partial charge in [-0.1, -0.05) is 5.16 Å². The molecule has 2 amide bonds. The Bertz CT molecular complexity index is 1470. The Morgan fingerprint density at radius 1 is 1.30 bits per heavy atom. The third-order valence-corrected chi connectivity index (χ3v) is 7.93. The first-order valence-electron chi connectivity index (χ1n) is 11.3. The van der Waals surface area contributed by atoms with Gasteiger partial charge in [0.15, 0.2) is 28.2 Å². The van der Waals surface area contributed by atoms with Gasteiger partial charge < -0.3 is 36.3 Å². The molecule has 0 radical (unpaired) electrons. The Balaban J connectivity index is 1.57. The number of oxime groups is 1. The average molecular weight is 596 g/mol. The number of phenolic OH excluding ortho intramolecular Hbond substituents is 2. The predicted molar refractivity (Wildman–Crippen MR) is 139 cm³/mol. The van der Waals surface area contributed by atoms with E-state index < -0.39 is 63.8 Å². The van der Waals surface area contributed by atoms with E-state index in [-0.39, 0.29) is 39.8 Å². The summed E-state index contributed by atoms with van der Waals surface area (Å²) in [6.07, 6.45) is -0.133. The Labute approximate surface area is 232 Å². The van der Waals surface area contributed by atoms with E-state index in [9.17, 15) is 44.0 Å². The smallest absolute Gasteiger partial charge is 0.352 e. The molecule has 0 aliphatic carbocycles.